The van der Waals surface area contributed by atoms with E-state index in [1.165, 1.54) is 0 Å². The summed E-state index contributed by atoms with van der Waals surface area (Å²) in [5, 5.41) is 10.7. The van der Waals surface area contributed by atoms with Crippen molar-refractivity contribution in [3.63, 3.8) is 0 Å². The van der Waals surface area contributed by atoms with Gasteiger partial charge >= 0.3 is 0 Å². The number of benzene rings is 2. The molecule has 2 aromatic heterocycles. The molecule has 0 atom stereocenters. The number of aryl methyl sites for hydroxylation is 1. The van der Waals surface area contributed by atoms with Gasteiger partial charge < -0.3 is 5.32 Å². The Kier molecular flexibility index (Phi) is 4.88. The highest BCUT2D eigenvalue weighted by Crippen LogP contribution is 2.23. The van der Waals surface area contributed by atoms with Gasteiger partial charge in [0.15, 0.2) is 5.65 Å². The van der Waals surface area contributed by atoms with Crippen LogP contribution in [0, 0.1) is 12.8 Å². The highest BCUT2D eigenvalue weighted by atomic mass is 16.1. The zero-order valence-electron chi connectivity index (χ0n) is 16.7. The largest absolute Gasteiger partial charge is 0.352 e. The van der Waals surface area contributed by atoms with Gasteiger partial charge in [0.1, 0.15) is 5.69 Å². The molecule has 29 heavy (non-hydrogen) atoms. The van der Waals surface area contributed by atoms with Gasteiger partial charge in [-0.05, 0) is 37.5 Å². The predicted molar refractivity (Wildman–Crippen MR) is 113 cm³/mol. The summed E-state index contributed by atoms with van der Waals surface area (Å²) in [7, 11) is 0. The van der Waals surface area contributed by atoms with E-state index in [1.807, 2.05) is 31.2 Å². The van der Waals surface area contributed by atoms with E-state index in [4.69, 9.17) is 0 Å². The molecule has 148 valence electrons. The molecule has 0 unspecified atom stereocenters. The van der Waals surface area contributed by atoms with Crippen molar-refractivity contribution in [1.29, 1.82) is 0 Å². The van der Waals surface area contributed by atoms with Crippen molar-refractivity contribution in [3.8, 4) is 11.3 Å². The molecule has 0 fully saturated rings. The van der Waals surface area contributed by atoms with Crippen molar-refractivity contribution >= 4 is 22.5 Å². The minimum absolute atomic E-state index is 0.163. The molecule has 0 aliphatic heterocycles. The minimum Gasteiger partial charge on any atom is -0.352 e. The molecule has 7 heteroatoms. The smallest absolute Gasteiger partial charge is 0.281 e. The molecular weight excluding hydrogens is 366 g/mol. The summed E-state index contributed by atoms with van der Waals surface area (Å²) in [6.45, 7) is 6.85. The summed E-state index contributed by atoms with van der Waals surface area (Å²) < 4.78 is 1.65. The number of aromatic amines is 1. The van der Waals surface area contributed by atoms with Crippen LogP contribution in [-0.2, 0) is 0 Å². The van der Waals surface area contributed by atoms with Crippen LogP contribution in [0.3, 0.4) is 0 Å². The standard InChI is InChI=1S/C22H23N5O2/c1-13(2)10-11-23-21(28)16-8-9-17-18(12-16)27-20(24-22(17)29)19(25-26-27)15-6-4-14(3)5-7-15/h4-9,12-13,26H,10-11H2,1-3H3,(H,23,28). The van der Waals surface area contributed by atoms with Crippen LogP contribution in [0.1, 0.15) is 36.2 Å². The fourth-order valence-corrected chi connectivity index (χ4v) is 3.25. The fourth-order valence-electron chi connectivity index (χ4n) is 3.25. The number of H-pyrrole nitrogens is 1. The monoisotopic (exact) mass is 389 g/mol. The Labute approximate surface area is 167 Å². The first-order valence-electron chi connectivity index (χ1n) is 9.70. The minimum atomic E-state index is -0.346. The van der Waals surface area contributed by atoms with Crippen LogP contribution in [0.4, 0.5) is 0 Å². The molecule has 0 bridgehead atoms. The van der Waals surface area contributed by atoms with E-state index in [-0.39, 0.29) is 11.5 Å². The lowest BCUT2D eigenvalue weighted by Gasteiger charge is -2.08. The lowest BCUT2D eigenvalue weighted by atomic mass is 10.1. The predicted octanol–water partition coefficient (Wildman–Crippen LogP) is 3.32. The maximum atomic E-state index is 12.6. The lowest BCUT2D eigenvalue weighted by molar-refractivity contribution is 0.0952. The molecule has 1 amide bonds. The molecule has 0 aliphatic carbocycles. The number of aromatic nitrogens is 4. The number of rotatable bonds is 5. The Morgan fingerprint density at radius 1 is 1.17 bits per heavy atom. The topological polar surface area (TPSA) is 92.2 Å². The number of nitrogens with one attached hydrogen (secondary N) is 2. The molecule has 2 aromatic carbocycles. The van der Waals surface area contributed by atoms with E-state index < -0.39 is 0 Å². The lowest BCUT2D eigenvalue weighted by Crippen LogP contribution is -2.25. The van der Waals surface area contributed by atoms with Crippen LogP contribution in [0.25, 0.3) is 27.8 Å². The molecule has 2 N–H and O–H groups in total. The van der Waals surface area contributed by atoms with Gasteiger partial charge in [0.25, 0.3) is 11.5 Å². The zero-order chi connectivity index (χ0) is 20.5. The summed E-state index contributed by atoms with van der Waals surface area (Å²) in [4.78, 5) is 29.3. The number of hydrogen-bond donors (Lipinski definition) is 2. The second-order valence-corrected chi connectivity index (χ2v) is 7.67. The average Bonchev–Trinajstić information content (AvgIpc) is 3.12. The Balaban J connectivity index is 1.79. The number of fused-ring (bicyclic) bond motifs is 3. The van der Waals surface area contributed by atoms with Gasteiger partial charge in [0.05, 0.1) is 10.9 Å². The van der Waals surface area contributed by atoms with Crippen LogP contribution < -0.4 is 10.9 Å². The number of nitrogens with zero attached hydrogens (tertiary/aromatic N) is 3. The van der Waals surface area contributed by atoms with E-state index in [0.29, 0.717) is 40.3 Å². The summed E-state index contributed by atoms with van der Waals surface area (Å²) in [6, 6.07) is 12.9. The fraction of sp³-hybridized carbons (Fsp3) is 0.273. The maximum Gasteiger partial charge on any atom is 0.281 e. The van der Waals surface area contributed by atoms with Crippen LogP contribution in [0.2, 0.25) is 0 Å². The third-order valence-corrected chi connectivity index (χ3v) is 4.96. The number of carbonyl (C=O) groups is 1. The van der Waals surface area contributed by atoms with Gasteiger partial charge in [-0.3, -0.25) is 9.59 Å². The van der Waals surface area contributed by atoms with Crippen LogP contribution >= 0.6 is 0 Å². The first-order valence-corrected chi connectivity index (χ1v) is 9.70. The van der Waals surface area contributed by atoms with Crippen molar-refractivity contribution in [3.05, 3.63) is 63.9 Å². The zero-order valence-corrected chi connectivity index (χ0v) is 16.7. The Morgan fingerprint density at radius 2 is 1.93 bits per heavy atom. The maximum absolute atomic E-state index is 12.6. The molecule has 2 heterocycles. The van der Waals surface area contributed by atoms with Gasteiger partial charge in [0.2, 0.25) is 0 Å². The Bertz CT molecular complexity index is 1250. The summed E-state index contributed by atoms with van der Waals surface area (Å²) >= 11 is 0. The van der Waals surface area contributed by atoms with E-state index in [2.05, 4.69) is 34.5 Å². The quantitative estimate of drug-likeness (QED) is 0.548. The van der Waals surface area contributed by atoms with E-state index in [1.54, 1.807) is 22.7 Å². The van der Waals surface area contributed by atoms with Gasteiger partial charge in [-0.25, -0.2) is 9.73 Å². The SMILES string of the molecule is Cc1ccc(-c2n[nH]n3c2nc(=O)c2ccc(C(=O)NCCC(C)C)cc23)cc1. The molecular formula is C22H23N5O2. The summed E-state index contributed by atoms with van der Waals surface area (Å²) in [5.74, 6) is 0.352. The second-order valence-electron chi connectivity index (χ2n) is 7.67. The molecule has 7 nitrogen and oxygen atoms in total. The van der Waals surface area contributed by atoms with Gasteiger partial charge in [-0.2, -0.15) is 10.1 Å². The molecule has 0 radical (unpaired) electrons. The third-order valence-electron chi connectivity index (χ3n) is 4.96. The molecule has 0 saturated carbocycles. The highest BCUT2D eigenvalue weighted by Gasteiger charge is 2.15. The second kappa shape index (κ2) is 7.50. The van der Waals surface area contributed by atoms with Crippen molar-refractivity contribution in [2.75, 3.05) is 6.54 Å². The van der Waals surface area contributed by atoms with Crippen molar-refractivity contribution in [1.82, 2.24) is 25.1 Å². The van der Waals surface area contributed by atoms with Crippen LogP contribution in [0.5, 0.6) is 0 Å². The Morgan fingerprint density at radius 3 is 2.66 bits per heavy atom. The number of hydrogen-bond acceptors (Lipinski definition) is 4. The van der Waals surface area contributed by atoms with Gasteiger partial charge in [0, 0.05) is 17.7 Å². The first-order chi connectivity index (χ1) is 13.9. The van der Waals surface area contributed by atoms with Crippen molar-refractivity contribution in [2.24, 2.45) is 5.92 Å². The van der Waals surface area contributed by atoms with Crippen molar-refractivity contribution in [2.45, 2.75) is 27.2 Å². The average molecular weight is 389 g/mol. The highest BCUT2D eigenvalue weighted by molar-refractivity contribution is 5.98. The summed E-state index contributed by atoms with van der Waals surface area (Å²) in [5.41, 5.74) is 3.75. The Hall–Kier alpha value is -3.48. The molecule has 0 saturated heterocycles. The summed E-state index contributed by atoms with van der Waals surface area (Å²) in [6.07, 6.45) is 0.910. The third kappa shape index (κ3) is 3.63. The first kappa shape index (κ1) is 18.9. The van der Waals surface area contributed by atoms with E-state index in [0.717, 1.165) is 17.5 Å². The molecule has 4 rings (SSSR count). The number of amides is 1. The van der Waals surface area contributed by atoms with Crippen molar-refractivity contribution < 1.29 is 4.79 Å². The van der Waals surface area contributed by atoms with Gasteiger partial charge in [-0.15, -0.1) is 0 Å². The molecule has 0 aliphatic rings. The number of carbonyl (C=O) groups excluding carboxylic acids is 1. The van der Waals surface area contributed by atoms with E-state index in [9.17, 15) is 9.59 Å². The van der Waals surface area contributed by atoms with Gasteiger partial charge in [-0.1, -0.05) is 43.7 Å². The normalized spacial score (nSPS) is 11.4. The molecule has 4 aromatic rings. The molecule has 0 spiro atoms. The van der Waals surface area contributed by atoms with E-state index >= 15 is 0 Å². The van der Waals surface area contributed by atoms with Crippen LogP contribution in [0.15, 0.2) is 47.3 Å². The van der Waals surface area contributed by atoms with Crippen LogP contribution in [-0.4, -0.2) is 32.3 Å².